The Kier molecular flexibility index (Phi) is 7.43. The Hall–Kier alpha value is -9.82. The highest BCUT2D eigenvalue weighted by Crippen LogP contribution is 2.62. The molecule has 352 valence electrons. The fourth-order valence-corrected chi connectivity index (χ4v) is 15.4. The van der Waals surface area contributed by atoms with E-state index < -0.39 is 0 Å². The van der Waals surface area contributed by atoms with E-state index in [1.807, 2.05) is 0 Å². The first-order valence-electron chi connectivity index (χ1n) is 27.1. The van der Waals surface area contributed by atoms with Crippen molar-refractivity contribution in [2.24, 2.45) is 0 Å². The lowest BCUT2D eigenvalue weighted by Gasteiger charge is -2.22. The maximum atomic E-state index is 6.44. The molecule has 0 saturated heterocycles. The van der Waals surface area contributed by atoms with Crippen molar-refractivity contribution in [3.63, 3.8) is 0 Å². The first-order chi connectivity index (χ1) is 38.1. The van der Waals surface area contributed by atoms with Gasteiger partial charge in [-0.25, -0.2) is 0 Å². The van der Waals surface area contributed by atoms with E-state index in [2.05, 4.69) is 232 Å². The van der Waals surface area contributed by atoms with Gasteiger partial charge in [-0.3, -0.25) is 0 Å². The van der Waals surface area contributed by atoms with Gasteiger partial charge in [0.25, 0.3) is 0 Å². The monoisotopic (exact) mass is 970 g/mol. The minimum absolute atomic E-state index is 0.914. The van der Waals surface area contributed by atoms with Crippen LogP contribution in [0.2, 0.25) is 0 Å². The van der Waals surface area contributed by atoms with Gasteiger partial charge in [-0.05, 0) is 229 Å². The summed E-state index contributed by atoms with van der Waals surface area (Å²) >= 11 is 0. The van der Waals surface area contributed by atoms with Crippen molar-refractivity contribution in [2.45, 2.75) is 13.8 Å². The average molecular weight is 971 g/mol. The normalized spacial score (nSPS) is 12.8. The number of furan rings is 1. The highest BCUT2D eigenvalue weighted by molar-refractivity contribution is 6.51. The van der Waals surface area contributed by atoms with Crippen LogP contribution in [0.15, 0.2) is 223 Å². The number of benzene rings is 15. The van der Waals surface area contributed by atoms with Gasteiger partial charge in [-0.15, -0.1) is 0 Å². The number of aryl methyl sites for hydroxylation is 2. The summed E-state index contributed by atoms with van der Waals surface area (Å²) in [5.74, 6) is 0. The third kappa shape index (κ3) is 4.89. The van der Waals surface area contributed by atoms with E-state index in [9.17, 15) is 0 Å². The fraction of sp³-hybridized carbons (Fsp3) is 0.0263. The fourth-order valence-electron chi connectivity index (χ4n) is 15.4. The molecule has 1 heterocycles. The lowest BCUT2D eigenvalue weighted by atomic mass is 9.80. The molecule has 1 heteroatoms. The third-order valence-electron chi connectivity index (χ3n) is 18.5. The first kappa shape index (κ1) is 40.6. The van der Waals surface area contributed by atoms with E-state index in [1.165, 1.54) is 185 Å². The van der Waals surface area contributed by atoms with Crippen LogP contribution in [0.25, 0.3) is 196 Å². The number of para-hydroxylation sites is 1. The molecule has 17 aromatic carbocycles. The Balaban J connectivity index is 0.972. The van der Waals surface area contributed by atoms with Crippen molar-refractivity contribution in [1.82, 2.24) is 0 Å². The molecule has 0 N–H and O–H groups in total. The maximum absolute atomic E-state index is 6.44. The molecule has 77 heavy (non-hydrogen) atoms. The number of fused-ring (bicyclic) bond motifs is 17. The van der Waals surface area contributed by atoms with E-state index in [1.54, 1.807) is 0 Å². The summed E-state index contributed by atoms with van der Waals surface area (Å²) < 4.78 is 6.44. The van der Waals surface area contributed by atoms with Crippen LogP contribution in [-0.4, -0.2) is 0 Å². The van der Waals surface area contributed by atoms with Gasteiger partial charge in [-0.2, -0.15) is 0 Å². The van der Waals surface area contributed by atoms with Gasteiger partial charge in [0.05, 0.1) is 0 Å². The molecule has 1 aliphatic carbocycles. The summed E-state index contributed by atoms with van der Waals surface area (Å²) in [6, 6.07) is 83.1. The molecule has 0 spiro atoms. The van der Waals surface area contributed by atoms with Crippen molar-refractivity contribution in [3.05, 3.63) is 230 Å². The van der Waals surface area contributed by atoms with Gasteiger partial charge in [-0.1, -0.05) is 188 Å². The zero-order valence-corrected chi connectivity index (χ0v) is 42.2. The smallest absolute Gasteiger partial charge is 0.135 e. The predicted octanol–water partition coefficient (Wildman–Crippen LogP) is 21.8. The van der Waals surface area contributed by atoms with Crippen LogP contribution in [0.4, 0.5) is 0 Å². The van der Waals surface area contributed by atoms with Crippen LogP contribution in [0.1, 0.15) is 11.1 Å². The molecule has 0 radical (unpaired) electrons. The van der Waals surface area contributed by atoms with E-state index in [-0.39, 0.29) is 0 Å². The highest BCUT2D eigenvalue weighted by atomic mass is 16.3. The van der Waals surface area contributed by atoms with E-state index >= 15 is 0 Å². The largest absolute Gasteiger partial charge is 0.456 e. The van der Waals surface area contributed by atoms with Crippen LogP contribution >= 0.6 is 0 Å². The van der Waals surface area contributed by atoms with Gasteiger partial charge in [0.2, 0.25) is 0 Å². The number of hydrogen-bond acceptors (Lipinski definition) is 1. The molecule has 1 nitrogen and oxygen atoms in total. The molecular weight excluding hydrogens is 929 g/mol. The Morgan fingerprint density at radius 3 is 1.32 bits per heavy atom. The second-order valence-electron chi connectivity index (χ2n) is 22.1. The molecule has 18 aromatic rings. The summed E-state index contributed by atoms with van der Waals surface area (Å²) in [7, 11) is 0. The van der Waals surface area contributed by atoms with Crippen molar-refractivity contribution in [2.75, 3.05) is 0 Å². The summed E-state index contributed by atoms with van der Waals surface area (Å²) in [5.41, 5.74) is 17.4. The van der Waals surface area contributed by atoms with Crippen molar-refractivity contribution >= 4 is 140 Å². The molecule has 0 unspecified atom stereocenters. The average Bonchev–Trinajstić information content (AvgIpc) is 4.06. The van der Waals surface area contributed by atoms with Gasteiger partial charge in [0, 0.05) is 10.8 Å². The molecule has 1 aliphatic rings. The molecule has 0 saturated carbocycles. The molecule has 0 aliphatic heterocycles. The first-order valence-corrected chi connectivity index (χ1v) is 27.1. The van der Waals surface area contributed by atoms with Crippen molar-refractivity contribution < 1.29 is 4.42 Å². The van der Waals surface area contributed by atoms with Crippen LogP contribution in [-0.2, 0) is 0 Å². The molecule has 0 amide bonds. The van der Waals surface area contributed by atoms with E-state index in [0.717, 1.165) is 21.9 Å². The summed E-state index contributed by atoms with van der Waals surface area (Å²) in [6.45, 7) is 4.56. The lowest BCUT2D eigenvalue weighted by molar-refractivity contribution is 0.669. The number of hydrogen-bond donors (Lipinski definition) is 0. The summed E-state index contributed by atoms with van der Waals surface area (Å²) in [4.78, 5) is 0. The molecular formula is C76H42O. The SMILES string of the molecule is Cc1ccccc1-c1c2c(c(-c3ccccc3C)c3cc4ccccc4cc13)-c1ccc3c4ccc5c6c(ccc(c7ccc-2c1c73)c46)c1c(-c2ccc3oc4ccccc4c3c2)c2cccc3c4ccccc4c(c23)c51. The highest BCUT2D eigenvalue weighted by Gasteiger charge is 2.34. The maximum Gasteiger partial charge on any atom is 0.135 e. The van der Waals surface area contributed by atoms with Crippen molar-refractivity contribution in [1.29, 1.82) is 0 Å². The molecule has 0 fully saturated rings. The van der Waals surface area contributed by atoms with Gasteiger partial charge < -0.3 is 4.42 Å². The van der Waals surface area contributed by atoms with Crippen LogP contribution < -0.4 is 0 Å². The second kappa shape index (κ2) is 14.1. The Labute approximate surface area is 441 Å². The van der Waals surface area contributed by atoms with Crippen molar-refractivity contribution in [3.8, 4) is 55.6 Å². The van der Waals surface area contributed by atoms with Gasteiger partial charge in [0.15, 0.2) is 0 Å². The molecule has 0 atom stereocenters. The lowest BCUT2D eigenvalue weighted by Crippen LogP contribution is -1.96. The number of rotatable bonds is 3. The zero-order chi connectivity index (χ0) is 50.1. The minimum atomic E-state index is 0.914. The van der Waals surface area contributed by atoms with E-state index in [0.29, 0.717) is 0 Å². The second-order valence-corrected chi connectivity index (χ2v) is 22.1. The quantitative estimate of drug-likeness (QED) is 0.127. The minimum Gasteiger partial charge on any atom is -0.456 e. The van der Waals surface area contributed by atoms with Gasteiger partial charge in [0.1, 0.15) is 11.2 Å². The zero-order valence-electron chi connectivity index (χ0n) is 42.2. The topological polar surface area (TPSA) is 13.1 Å². The van der Waals surface area contributed by atoms with Gasteiger partial charge >= 0.3 is 0 Å². The molecule has 19 rings (SSSR count). The van der Waals surface area contributed by atoms with Crippen LogP contribution in [0.5, 0.6) is 0 Å². The predicted molar refractivity (Wildman–Crippen MR) is 330 cm³/mol. The summed E-state index contributed by atoms with van der Waals surface area (Å²) in [5, 5.41) is 31.3. The standard InChI is InChI=1S/C76H42O/c1-39-14-3-7-18-44(39)65-60-36-41-16-5-6-17-42(41)37-61(60)66(45-19-8-4-15-40(45)2)75-57-33-29-52-53-30-34-58-70-55(31-27-50(67(53)70)51-28-32-56(74(65)75)71(57)68(51)52)73-64(43-26-35-63-59(38-43)47-21-11-12-25-62(47)77-63)54-24-13-23-48-46-20-9-10-22-49(46)72(69(48)54)76(58)73/h3-38H,1-2H3. The third-order valence-corrected chi connectivity index (χ3v) is 18.5. The van der Waals surface area contributed by atoms with E-state index in [4.69, 9.17) is 4.42 Å². The Morgan fingerprint density at radius 1 is 0.221 bits per heavy atom. The Bertz CT molecular complexity index is 5540. The summed E-state index contributed by atoms with van der Waals surface area (Å²) in [6.07, 6.45) is 0. The van der Waals surface area contributed by atoms with Crippen LogP contribution in [0.3, 0.4) is 0 Å². The molecule has 0 bridgehead atoms. The Morgan fingerprint density at radius 2 is 0.662 bits per heavy atom. The molecule has 1 aromatic heterocycles. The van der Waals surface area contributed by atoms with Crippen LogP contribution in [0, 0.1) is 13.8 Å².